The number of phenolic OH excluding ortho intramolecular Hbond substituents is 1. The Kier molecular flexibility index (Phi) is 5.58. The first-order valence-corrected chi connectivity index (χ1v) is 9.93. The highest BCUT2D eigenvalue weighted by molar-refractivity contribution is 5.58. The molecule has 2 aromatic rings. The molecule has 2 aliphatic heterocycles. The Morgan fingerprint density at radius 3 is 2.07 bits per heavy atom. The monoisotopic (exact) mass is 402 g/mol. The maximum Gasteiger partial charge on any atom is 0.231 e. The van der Waals surface area contributed by atoms with Crippen LogP contribution >= 0.6 is 0 Å². The van der Waals surface area contributed by atoms with Gasteiger partial charge in [0.1, 0.15) is 11.8 Å². The van der Waals surface area contributed by atoms with E-state index < -0.39 is 0 Å². The van der Waals surface area contributed by atoms with Crippen LogP contribution in [0.3, 0.4) is 0 Å². The standard InChI is InChI=1S/C22H27NO6/c1-25-19-9-14(10-20(26-2)22(19)27-3)21(23-7-5-4-6-8-23)15-11-17-18(12-16(15)24)29-13-28-17/h9-12,21,24H,4-8,13H2,1-3H3/p+1/t21-/m1/s1. The summed E-state index contributed by atoms with van der Waals surface area (Å²) in [6, 6.07) is 7.38. The van der Waals surface area contributed by atoms with E-state index in [2.05, 4.69) is 0 Å². The Hall–Kier alpha value is -2.80. The lowest BCUT2D eigenvalue weighted by Gasteiger charge is -2.33. The summed E-state index contributed by atoms with van der Waals surface area (Å²) in [5.74, 6) is 3.19. The number of rotatable bonds is 6. The summed E-state index contributed by atoms with van der Waals surface area (Å²) in [5.41, 5.74) is 1.80. The number of hydrogen-bond acceptors (Lipinski definition) is 6. The number of nitrogens with one attached hydrogen (secondary N) is 1. The highest BCUT2D eigenvalue weighted by atomic mass is 16.7. The van der Waals surface area contributed by atoms with Crippen molar-refractivity contribution in [1.82, 2.24) is 0 Å². The highest BCUT2D eigenvalue weighted by Crippen LogP contribution is 2.44. The van der Waals surface area contributed by atoms with Gasteiger partial charge in [-0.3, -0.25) is 0 Å². The lowest BCUT2D eigenvalue weighted by molar-refractivity contribution is -0.930. The SMILES string of the molecule is COc1cc([C@H](c2cc3c(cc2O)OCO3)[NH+]2CCCCC2)cc(OC)c1OC. The van der Waals surface area contributed by atoms with Crippen molar-refractivity contribution in [2.24, 2.45) is 0 Å². The van der Waals surface area contributed by atoms with Gasteiger partial charge < -0.3 is 33.7 Å². The van der Waals surface area contributed by atoms with Gasteiger partial charge >= 0.3 is 0 Å². The lowest BCUT2D eigenvalue weighted by Crippen LogP contribution is -3.13. The zero-order valence-electron chi connectivity index (χ0n) is 17.1. The van der Waals surface area contributed by atoms with E-state index in [0.29, 0.717) is 28.7 Å². The minimum absolute atomic E-state index is 0.0986. The molecule has 0 bridgehead atoms. The van der Waals surface area contributed by atoms with Crippen molar-refractivity contribution in [3.8, 4) is 34.5 Å². The number of aromatic hydroxyl groups is 1. The number of likely N-dealkylation sites (tertiary alicyclic amines) is 1. The molecule has 7 nitrogen and oxygen atoms in total. The molecule has 0 spiro atoms. The van der Waals surface area contributed by atoms with Crippen molar-refractivity contribution < 1.29 is 33.7 Å². The van der Waals surface area contributed by atoms with E-state index in [1.165, 1.54) is 11.3 Å². The first kappa shape index (κ1) is 19.5. The fraction of sp³-hybridized carbons (Fsp3) is 0.455. The van der Waals surface area contributed by atoms with Crippen molar-refractivity contribution >= 4 is 0 Å². The molecule has 2 aromatic carbocycles. The molecule has 0 saturated carbocycles. The van der Waals surface area contributed by atoms with E-state index in [1.54, 1.807) is 27.4 Å². The molecular weight excluding hydrogens is 374 g/mol. The molecule has 1 saturated heterocycles. The summed E-state index contributed by atoms with van der Waals surface area (Å²) < 4.78 is 27.6. The Morgan fingerprint density at radius 2 is 1.48 bits per heavy atom. The van der Waals surface area contributed by atoms with Gasteiger partial charge in [0, 0.05) is 11.6 Å². The van der Waals surface area contributed by atoms with E-state index in [0.717, 1.165) is 37.1 Å². The molecular formula is C22H28NO6+. The van der Waals surface area contributed by atoms with Gasteiger partial charge in [-0.2, -0.15) is 0 Å². The summed E-state index contributed by atoms with van der Waals surface area (Å²) >= 11 is 0. The minimum atomic E-state index is -0.0986. The van der Waals surface area contributed by atoms with Gasteiger partial charge in [0.25, 0.3) is 0 Å². The van der Waals surface area contributed by atoms with E-state index >= 15 is 0 Å². The van der Waals surface area contributed by atoms with Gasteiger partial charge in [-0.05, 0) is 37.5 Å². The van der Waals surface area contributed by atoms with Gasteiger partial charge in [0.2, 0.25) is 12.5 Å². The molecule has 156 valence electrons. The Labute approximate surface area is 170 Å². The van der Waals surface area contributed by atoms with E-state index in [1.807, 2.05) is 18.2 Å². The first-order chi connectivity index (χ1) is 14.2. The first-order valence-electron chi connectivity index (χ1n) is 9.93. The molecule has 2 heterocycles. The number of piperidine rings is 1. The van der Waals surface area contributed by atoms with Crippen LogP contribution in [0.4, 0.5) is 0 Å². The van der Waals surface area contributed by atoms with Crippen LogP contribution in [0.15, 0.2) is 24.3 Å². The third-order valence-electron chi connectivity index (χ3n) is 5.76. The van der Waals surface area contributed by atoms with Gasteiger partial charge in [0.15, 0.2) is 23.0 Å². The molecule has 1 fully saturated rings. The molecule has 0 amide bonds. The van der Waals surface area contributed by atoms with E-state index in [9.17, 15) is 5.11 Å². The third kappa shape index (κ3) is 3.62. The summed E-state index contributed by atoms with van der Waals surface area (Å²) in [4.78, 5) is 1.39. The number of ether oxygens (including phenoxy) is 5. The average Bonchev–Trinajstić information content (AvgIpc) is 3.21. The minimum Gasteiger partial charge on any atom is -0.507 e. The van der Waals surface area contributed by atoms with Gasteiger partial charge in [-0.15, -0.1) is 0 Å². The van der Waals surface area contributed by atoms with E-state index in [-0.39, 0.29) is 18.6 Å². The number of phenols is 1. The predicted molar refractivity (Wildman–Crippen MR) is 107 cm³/mol. The quantitative estimate of drug-likeness (QED) is 0.773. The van der Waals surface area contributed by atoms with Gasteiger partial charge in [0.05, 0.1) is 40.0 Å². The smallest absolute Gasteiger partial charge is 0.231 e. The van der Waals surface area contributed by atoms with Crippen LogP contribution in [-0.2, 0) is 0 Å². The van der Waals surface area contributed by atoms with Crippen molar-refractivity contribution in [1.29, 1.82) is 0 Å². The maximum absolute atomic E-state index is 10.9. The number of methoxy groups -OCH3 is 3. The topological polar surface area (TPSA) is 70.8 Å². The van der Waals surface area contributed by atoms with Gasteiger partial charge in [-0.1, -0.05) is 0 Å². The largest absolute Gasteiger partial charge is 0.507 e. The summed E-state index contributed by atoms with van der Waals surface area (Å²) in [6.45, 7) is 2.22. The van der Waals surface area contributed by atoms with Crippen LogP contribution in [0.5, 0.6) is 34.5 Å². The second-order valence-corrected chi connectivity index (χ2v) is 7.37. The molecule has 2 aliphatic rings. The van der Waals surface area contributed by atoms with Crippen LogP contribution in [0.1, 0.15) is 36.4 Å². The van der Waals surface area contributed by atoms with Crippen LogP contribution in [0.2, 0.25) is 0 Å². The fourth-order valence-electron chi connectivity index (χ4n) is 4.38. The average molecular weight is 402 g/mol. The Balaban J connectivity index is 1.86. The molecule has 0 aliphatic carbocycles. The number of benzene rings is 2. The highest BCUT2D eigenvalue weighted by Gasteiger charge is 2.33. The molecule has 4 rings (SSSR count). The van der Waals surface area contributed by atoms with Gasteiger partial charge in [-0.25, -0.2) is 0 Å². The van der Waals surface area contributed by atoms with Crippen molar-refractivity contribution in [2.45, 2.75) is 25.3 Å². The zero-order chi connectivity index (χ0) is 20.4. The molecule has 0 aromatic heterocycles. The van der Waals surface area contributed by atoms with Crippen molar-refractivity contribution in [3.05, 3.63) is 35.4 Å². The molecule has 7 heteroatoms. The zero-order valence-corrected chi connectivity index (χ0v) is 17.1. The summed E-state index contributed by atoms with van der Waals surface area (Å²) in [7, 11) is 4.82. The molecule has 29 heavy (non-hydrogen) atoms. The van der Waals surface area contributed by atoms with Crippen molar-refractivity contribution in [2.75, 3.05) is 41.2 Å². The number of hydrogen-bond donors (Lipinski definition) is 2. The molecule has 0 unspecified atom stereocenters. The molecule has 0 radical (unpaired) electrons. The second kappa shape index (κ2) is 8.29. The molecule has 1 atom stereocenters. The second-order valence-electron chi connectivity index (χ2n) is 7.37. The summed E-state index contributed by atoms with van der Waals surface area (Å²) in [6.07, 6.45) is 3.54. The van der Waals surface area contributed by atoms with Crippen LogP contribution in [0.25, 0.3) is 0 Å². The van der Waals surface area contributed by atoms with Crippen LogP contribution in [-0.4, -0.2) is 46.3 Å². The normalized spacial score (nSPS) is 17.1. The third-order valence-corrected chi connectivity index (χ3v) is 5.76. The van der Waals surface area contributed by atoms with Crippen molar-refractivity contribution in [3.63, 3.8) is 0 Å². The summed E-state index contributed by atoms with van der Waals surface area (Å²) in [5, 5.41) is 10.9. The van der Waals surface area contributed by atoms with Crippen LogP contribution in [0, 0.1) is 0 Å². The van der Waals surface area contributed by atoms with Crippen LogP contribution < -0.4 is 28.6 Å². The maximum atomic E-state index is 10.9. The predicted octanol–water partition coefficient (Wildman–Crippen LogP) is 2.30. The number of fused-ring (bicyclic) bond motifs is 1. The Morgan fingerprint density at radius 1 is 0.862 bits per heavy atom. The molecule has 2 N–H and O–H groups in total. The fourth-order valence-corrected chi connectivity index (χ4v) is 4.38. The lowest BCUT2D eigenvalue weighted by atomic mass is 9.93. The van der Waals surface area contributed by atoms with E-state index in [4.69, 9.17) is 23.7 Å². The number of quaternary nitrogens is 1. The Bertz CT molecular complexity index is 853.